The van der Waals surface area contributed by atoms with Gasteiger partial charge in [-0.15, -0.1) is 0 Å². The van der Waals surface area contributed by atoms with Crippen molar-refractivity contribution in [2.24, 2.45) is 11.8 Å². The van der Waals surface area contributed by atoms with Crippen LogP contribution in [0.1, 0.15) is 22.8 Å². The molecule has 0 fully saturated rings. The maximum absolute atomic E-state index is 13.6. The van der Waals surface area contributed by atoms with E-state index in [0.717, 1.165) is 4.31 Å². The fraction of sp³-hybridized carbons (Fsp3) is 0.231. The molecule has 0 saturated carbocycles. The highest BCUT2D eigenvalue weighted by molar-refractivity contribution is 7.92. The van der Waals surface area contributed by atoms with E-state index < -0.39 is 15.9 Å². The number of hydrogen-bond acceptors (Lipinski definition) is 5. The number of aromatic nitrogens is 1. The Morgan fingerprint density at radius 1 is 1.25 bits per heavy atom. The second-order valence-electron chi connectivity index (χ2n) is 9.00. The number of allylic oxidation sites excluding steroid dienone is 3. The molecule has 1 N–H and O–H groups in total. The number of phenols is 1. The van der Waals surface area contributed by atoms with Crippen LogP contribution in [0.2, 0.25) is 5.02 Å². The van der Waals surface area contributed by atoms with Gasteiger partial charge in [0.05, 0.1) is 16.1 Å². The van der Waals surface area contributed by atoms with Crippen molar-refractivity contribution in [1.29, 1.82) is 0 Å². The number of phenolic OH excluding ortho intramolecular Hbond substituents is 1. The average Bonchev–Trinajstić information content (AvgIpc) is 3.17. The molecule has 0 saturated heterocycles. The molecule has 2 heterocycles. The number of carbonyl (C=O) groups excluding carboxylic acids is 1. The van der Waals surface area contributed by atoms with E-state index >= 15 is 0 Å². The summed E-state index contributed by atoms with van der Waals surface area (Å²) in [4.78, 5) is 19.3. The Balaban J connectivity index is 1.62. The summed E-state index contributed by atoms with van der Waals surface area (Å²) in [5, 5.41) is 11.8. The van der Waals surface area contributed by atoms with Crippen molar-refractivity contribution in [3.05, 3.63) is 82.8 Å². The van der Waals surface area contributed by atoms with E-state index in [1.54, 1.807) is 23.1 Å². The monoisotopic (exact) mass is 527 g/mol. The van der Waals surface area contributed by atoms with Gasteiger partial charge in [-0.2, -0.15) is 0 Å². The Kier molecular flexibility index (Phi) is 6.00. The average molecular weight is 528 g/mol. The van der Waals surface area contributed by atoms with Crippen LogP contribution in [0.25, 0.3) is 10.9 Å². The van der Waals surface area contributed by atoms with Crippen LogP contribution >= 0.6 is 11.6 Å². The third-order valence-corrected chi connectivity index (χ3v) is 8.80. The number of pyridine rings is 1. The molecular weight excluding hydrogens is 505 g/mol. The highest BCUT2D eigenvalue weighted by atomic mass is 35.5. The summed E-state index contributed by atoms with van der Waals surface area (Å²) in [6.45, 7) is 2.24. The van der Waals surface area contributed by atoms with Gasteiger partial charge in [-0.25, -0.2) is 12.8 Å². The molecule has 1 aromatic heterocycles. The summed E-state index contributed by atoms with van der Waals surface area (Å²) in [6, 6.07) is 9.12. The zero-order chi connectivity index (χ0) is 25.8. The number of sulfonamides is 1. The molecule has 0 spiro atoms. The van der Waals surface area contributed by atoms with Crippen LogP contribution in [0.5, 0.6) is 5.75 Å². The first-order chi connectivity index (χ1) is 17.1. The molecule has 186 valence electrons. The van der Waals surface area contributed by atoms with Gasteiger partial charge < -0.3 is 10.0 Å². The number of halogens is 2. The van der Waals surface area contributed by atoms with Crippen LogP contribution in [-0.2, 0) is 16.6 Å². The Bertz CT molecular complexity index is 1550. The summed E-state index contributed by atoms with van der Waals surface area (Å²) in [6.07, 6.45) is 6.09. The first-order valence-electron chi connectivity index (χ1n) is 11.3. The molecule has 10 heteroatoms. The van der Waals surface area contributed by atoms with Crippen LogP contribution in [0.4, 0.5) is 10.1 Å². The van der Waals surface area contributed by atoms with E-state index in [1.807, 2.05) is 6.92 Å². The lowest BCUT2D eigenvalue weighted by Crippen LogP contribution is -2.32. The summed E-state index contributed by atoms with van der Waals surface area (Å²) in [5.74, 6) is -1.29. The molecule has 7 nitrogen and oxygen atoms in total. The van der Waals surface area contributed by atoms with E-state index in [4.69, 9.17) is 11.6 Å². The van der Waals surface area contributed by atoms with Gasteiger partial charge in [-0.1, -0.05) is 24.6 Å². The molecule has 2 atom stereocenters. The van der Waals surface area contributed by atoms with E-state index in [-0.39, 0.29) is 58.2 Å². The van der Waals surface area contributed by atoms with Crippen molar-refractivity contribution >= 4 is 44.1 Å². The highest BCUT2D eigenvalue weighted by Crippen LogP contribution is 2.45. The molecule has 2 aliphatic rings. The third-order valence-electron chi connectivity index (χ3n) is 6.78. The number of nitrogens with zero attached hydrogens (tertiary/aromatic N) is 3. The maximum atomic E-state index is 13.6. The largest absolute Gasteiger partial charge is 0.505 e. The molecule has 1 aliphatic heterocycles. The summed E-state index contributed by atoms with van der Waals surface area (Å²) in [5.41, 5.74) is 0.834. The lowest BCUT2D eigenvalue weighted by molar-refractivity contribution is 0.0752. The zero-order valence-electron chi connectivity index (χ0n) is 19.5. The quantitative estimate of drug-likeness (QED) is 0.501. The number of benzene rings is 2. The highest BCUT2D eigenvalue weighted by Gasteiger charge is 2.39. The molecule has 3 aromatic rings. The van der Waals surface area contributed by atoms with Gasteiger partial charge in [0.25, 0.3) is 15.9 Å². The van der Waals surface area contributed by atoms with E-state index in [1.165, 1.54) is 49.7 Å². The van der Waals surface area contributed by atoms with Gasteiger partial charge in [0.1, 0.15) is 11.3 Å². The number of fused-ring (bicyclic) bond motifs is 2. The van der Waals surface area contributed by atoms with Gasteiger partial charge in [0, 0.05) is 48.2 Å². The number of anilines is 1. The first kappa shape index (κ1) is 24.3. The Morgan fingerprint density at radius 2 is 1.97 bits per heavy atom. The van der Waals surface area contributed by atoms with Crippen molar-refractivity contribution in [1.82, 2.24) is 9.88 Å². The van der Waals surface area contributed by atoms with Gasteiger partial charge in [0.2, 0.25) is 0 Å². The lowest BCUT2D eigenvalue weighted by Gasteiger charge is -2.27. The van der Waals surface area contributed by atoms with E-state index in [0.29, 0.717) is 16.0 Å². The number of amides is 1. The topological polar surface area (TPSA) is 90.8 Å². The van der Waals surface area contributed by atoms with Crippen LogP contribution in [0.3, 0.4) is 0 Å². The molecule has 2 aromatic carbocycles. The SMILES string of the molecule is CC1C=C(F)C=CC1CN1Cc2c(c(O)c3ncccc3c2N(C)S(=O)(=O)c2ccc(Cl)cc2)C1=O. The zero-order valence-corrected chi connectivity index (χ0v) is 21.1. The maximum Gasteiger partial charge on any atom is 0.264 e. The van der Waals surface area contributed by atoms with E-state index in [2.05, 4.69) is 4.98 Å². The Labute approximate surface area is 213 Å². The fourth-order valence-corrected chi connectivity index (χ4v) is 6.20. The normalized spacial score (nSPS) is 19.5. The van der Waals surface area contributed by atoms with Crippen molar-refractivity contribution in [2.75, 3.05) is 17.9 Å². The van der Waals surface area contributed by atoms with Crippen molar-refractivity contribution < 1.29 is 22.7 Å². The molecule has 1 amide bonds. The van der Waals surface area contributed by atoms with E-state index in [9.17, 15) is 22.7 Å². The smallest absolute Gasteiger partial charge is 0.264 e. The van der Waals surface area contributed by atoms with Crippen LogP contribution in [0, 0.1) is 11.8 Å². The molecule has 0 bridgehead atoms. The molecule has 0 radical (unpaired) electrons. The van der Waals surface area contributed by atoms with Crippen LogP contribution < -0.4 is 4.31 Å². The van der Waals surface area contributed by atoms with Crippen molar-refractivity contribution in [3.63, 3.8) is 0 Å². The second-order valence-corrected chi connectivity index (χ2v) is 11.4. The molecular formula is C26H23ClFN3O4S. The summed E-state index contributed by atoms with van der Waals surface area (Å²) in [7, 11) is -2.62. The standard InChI is InChI=1S/C26H23ClFN3O4S/c1-15-12-18(28)8-5-16(15)13-31-14-21-22(26(31)33)25(32)23-20(4-3-11-29-23)24(21)30(2)36(34,35)19-9-6-17(27)7-10-19/h3-12,15-16,32H,13-14H2,1-2H3. The van der Waals surface area contributed by atoms with Gasteiger partial charge in [-0.05, 0) is 54.5 Å². The van der Waals surface area contributed by atoms with Gasteiger partial charge >= 0.3 is 0 Å². The minimum Gasteiger partial charge on any atom is -0.505 e. The minimum atomic E-state index is -4.04. The predicted octanol–water partition coefficient (Wildman–Crippen LogP) is 5.05. The second kappa shape index (κ2) is 8.90. The predicted molar refractivity (Wildman–Crippen MR) is 136 cm³/mol. The number of carbonyl (C=O) groups is 1. The van der Waals surface area contributed by atoms with Crippen molar-refractivity contribution in [3.8, 4) is 5.75 Å². The summed E-state index contributed by atoms with van der Waals surface area (Å²) < 4.78 is 41.9. The minimum absolute atomic E-state index is 0.0310. The Hall–Kier alpha value is -3.43. The number of hydrogen-bond donors (Lipinski definition) is 1. The number of aromatic hydroxyl groups is 1. The van der Waals surface area contributed by atoms with Gasteiger partial charge in [0.15, 0.2) is 5.75 Å². The molecule has 5 rings (SSSR count). The Morgan fingerprint density at radius 3 is 2.67 bits per heavy atom. The van der Waals surface area contributed by atoms with Crippen LogP contribution in [0.15, 0.2) is 71.5 Å². The van der Waals surface area contributed by atoms with Gasteiger partial charge in [-0.3, -0.25) is 14.1 Å². The molecule has 2 unspecified atom stereocenters. The fourth-order valence-electron chi connectivity index (χ4n) is 4.83. The summed E-state index contributed by atoms with van der Waals surface area (Å²) >= 11 is 5.94. The van der Waals surface area contributed by atoms with Crippen LogP contribution in [-0.4, -0.2) is 42.9 Å². The van der Waals surface area contributed by atoms with Crippen molar-refractivity contribution in [2.45, 2.75) is 18.4 Å². The number of rotatable bonds is 5. The molecule has 36 heavy (non-hydrogen) atoms. The molecule has 1 aliphatic carbocycles. The first-order valence-corrected chi connectivity index (χ1v) is 13.1. The third kappa shape index (κ3) is 3.92. The lowest BCUT2D eigenvalue weighted by atomic mass is 9.89.